The molecule has 0 aliphatic heterocycles. The number of nitrogens with zero attached hydrogens (tertiary/aromatic N) is 2. The average molecular weight is 286 g/mol. The number of hydrogen-bond acceptors (Lipinski definition) is 4. The number of aryl methyl sites for hydroxylation is 1. The zero-order chi connectivity index (χ0) is 14.5. The molecule has 3 nitrogen and oxygen atoms in total. The lowest BCUT2D eigenvalue weighted by Crippen LogP contribution is -2.04. The molecule has 0 atom stereocenters. The quantitative estimate of drug-likeness (QED) is 0.832. The molecule has 0 aliphatic carbocycles. The van der Waals surface area contributed by atoms with Crippen molar-refractivity contribution in [1.82, 2.24) is 4.98 Å². The van der Waals surface area contributed by atoms with Crippen LogP contribution in [-0.2, 0) is 6.42 Å². The van der Waals surface area contributed by atoms with Crippen LogP contribution in [-0.4, -0.2) is 11.6 Å². The molecular formula is C16H18N2OS. The Hall–Kier alpha value is -1.86. The Morgan fingerprint density at radius 1 is 1.40 bits per heavy atom. The molecule has 104 valence electrons. The van der Waals surface area contributed by atoms with Gasteiger partial charge >= 0.3 is 0 Å². The van der Waals surface area contributed by atoms with Crippen molar-refractivity contribution in [3.05, 3.63) is 45.4 Å². The SMILES string of the molecule is Cc1ccc(C(C)C)c(OCCc2nc(C#N)cs2)c1. The molecule has 4 heteroatoms. The third-order valence-electron chi connectivity index (χ3n) is 3.03. The second-order valence-corrected chi connectivity index (χ2v) is 5.98. The number of aromatic nitrogens is 1. The summed E-state index contributed by atoms with van der Waals surface area (Å²) in [7, 11) is 0. The summed E-state index contributed by atoms with van der Waals surface area (Å²) in [6.45, 7) is 6.98. The van der Waals surface area contributed by atoms with E-state index in [1.54, 1.807) is 5.38 Å². The molecule has 0 saturated carbocycles. The van der Waals surface area contributed by atoms with Crippen molar-refractivity contribution in [3.63, 3.8) is 0 Å². The van der Waals surface area contributed by atoms with Gasteiger partial charge in [-0.1, -0.05) is 26.0 Å². The van der Waals surface area contributed by atoms with Gasteiger partial charge < -0.3 is 4.74 Å². The Bertz CT molecular complexity index is 626. The third kappa shape index (κ3) is 3.58. The van der Waals surface area contributed by atoms with E-state index in [0.717, 1.165) is 17.2 Å². The van der Waals surface area contributed by atoms with Gasteiger partial charge in [-0.15, -0.1) is 11.3 Å². The van der Waals surface area contributed by atoms with Crippen LogP contribution in [0.4, 0.5) is 0 Å². The van der Waals surface area contributed by atoms with Gasteiger partial charge in [-0.3, -0.25) is 0 Å². The van der Waals surface area contributed by atoms with Gasteiger partial charge in [0.25, 0.3) is 0 Å². The first kappa shape index (κ1) is 14.5. The molecule has 1 heterocycles. The first-order valence-corrected chi connectivity index (χ1v) is 7.56. The highest BCUT2D eigenvalue weighted by atomic mass is 32.1. The summed E-state index contributed by atoms with van der Waals surface area (Å²) in [5, 5.41) is 11.5. The Kier molecular flexibility index (Phi) is 4.75. The first-order valence-electron chi connectivity index (χ1n) is 6.68. The van der Waals surface area contributed by atoms with Crippen LogP contribution < -0.4 is 4.74 Å². The van der Waals surface area contributed by atoms with Crippen LogP contribution in [0.25, 0.3) is 0 Å². The van der Waals surface area contributed by atoms with E-state index in [0.29, 0.717) is 18.2 Å². The normalized spacial score (nSPS) is 10.6. The highest BCUT2D eigenvalue weighted by molar-refractivity contribution is 7.09. The van der Waals surface area contributed by atoms with Gasteiger partial charge in [0.15, 0.2) is 5.69 Å². The maximum absolute atomic E-state index is 8.75. The molecule has 1 aromatic heterocycles. The van der Waals surface area contributed by atoms with Gasteiger partial charge in [0.05, 0.1) is 11.6 Å². The lowest BCUT2D eigenvalue weighted by atomic mass is 10.0. The molecule has 20 heavy (non-hydrogen) atoms. The zero-order valence-electron chi connectivity index (χ0n) is 12.0. The van der Waals surface area contributed by atoms with Gasteiger partial charge in [0, 0.05) is 11.8 Å². The predicted octanol–water partition coefficient (Wildman–Crippen LogP) is 4.07. The van der Waals surface area contributed by atoms with E-state index in [9.17, 15) is 0 Å². The molecule has 0 saturated heterocycles. The molecule has 0 radical (unpaired) electrons. The number of rotatable bonds is 5. The van der Waals surface area contributed by atoms with E-state index in [2.05, 4.69) is 44.0 Å². The summed E-state index contributed by atoms with van der Waals surface area (Å²) in [6.07, 6.45) is 0.734. The largest absolute Gasteiger partial charge is 0.493 e. The van der Waals surface area contributed by atoms with Crippen molar-refractivity contribution in [2.24, 2.45) is 0 Å². The van der Waals surface area contributed by atoms with E-state index < -0.39 is 0 Å². The Morgan fingerprint density at radius 2 is 2.20 bits per heavy atom. The molecule has 0 unspecified atom stereocenters. The fraction of sp³-hybridized carbons (Fsp3) is 0.375. The Labute approximate surface area is 123 Å². The van der Waals surface area contributed by atoms with E-state index in [-0.39, 0.29) is 0 Å². The van der Waals surface area contributed by atoms with Crippen LogP contribution in [0, 0.1) is 18.3 Å². The standard InChI is InChI=1S/C16H18N2OS/c1-11(2)14-5-4-12(3)8-15(14)19-7-6-16-18-13(9-17)10-20-16/h4-5,8,10-11H,6-7H2,1-3H3. The van der Waals surface area contributed by atoms with Crippen molar-refractivity contribution >= 4 is 11.3 Å². The number of nitriles is 1. The van der Waals surface area contributed by atoms with Crippen LogP contribution >= 0.6 is 11.3 Å². The maximum atomic E-state index is 8.75. The van der Waals surface area contributed by atoms with Crippen LogP contribution in [0.2, 0.25) is 0 Å². The number of ether oxygens (including phenoxy) is 1. The molecular weight excluding hydrogens is 268 g/mol. The minimum absolute atomic E-state index is 0.440. The van der Waals surface area contributed by atoms with E-state index in [4.69, 9.17) is 10.00 Å². The molecule has 2 rings (SSSR count). The van der Waals surface area contributed by atoms with Gasteiger partial charge in [-0.2, -0.15) is 5.26 Å². The Balaban J connectivity index is 2.00. The predicted molar refractivity (Wildman–Crippen MR) is 81.3 cm³/mol. The molecule has 0 fully saturated rings. The van der Waals surface area contributed by atoms with Gasteiger partial charge in [-0.05, 0) is 30.0 Å². The fourth-order valence-corrected chi connectivity index (χ4v) is 2.67. The summed E-state index contributed by atoms with van der Waals surface area (Å²) >= 11 is 1.51. The van der Waals surface area contributed by atoms with Crippen LogP contribution in [0.3, 0.4) is 0 Å². The topological polar surface area (TPSA) is 45.9 Å². The average Bonchev–Trinajstić information content (AvgIpc) is 2.86. The van der Waals surface area contributed by atoms with Crippen LogP contribution in [0.15, 0.2) is 23.6 Å². The lowest BCUT2D eigenvalue weighted by Gasteiger charge is -2.14. The van der Waals surface area contributed by atoms with Crippen molar-refractivity contribution in [1.29, 1.82) is 5.26 Å². The molecule has 0 aliphatic rings. The van der Waals surface area contributed by atoms with Crippen molar-refractivity contribution in [2.45, 2.75) is 33.1 Å². The van der Waals surface area contributed by atoms with E-state index in [1.165, 1.54) is 22.5 Å². The lowest BCUT2D eigenvalue weighted by molar-refractivity contribution is 0.317. The van der Waals surface area contributed by atoms with Crippen molar-refractivity contribution in [2.75, 3.05) is 6.61 Å². The number of thiazole rings is 1. The molecule has 2 aromatic rings. The summed E-state index contributed by atoms with van der Waals surface area (Å²) in [5.41, 5.74) is 2.92. The molecule has 1 aromatic carbocycles. The smallest absolute Gasteiger partial charge is 0.151 e. The molecule has 0 N–H and O–H groups in total. The Morgan fingerprint density at radius 3 is 2.85 bits per heavy atom. The number of benzene rings is 1. The minimum Gasteiger partial charge on any atom is -0.493 e. The molecule has 0 amide bonds. The second-order valence-electron chi connectivity index (χ2n) is 5.03. The van der Waals surface area contributed by atoms with Gasteiger partial charge in [0.2, 0.25) is 0 Å². The summed E-state index contributed by atoms with van der Waals surface area (Å²) in [4.78, 5) is 4.21. The first-order chi connectivity index (χ1) is 9.60. The highest BCUT2D eigenvalue weighted by Crippen LogP contribution is 2.27. The minimum atomic E-state index is 0.440. The monoisotopic (exact) mass is 286 g/mol. The van der Waals surface area contributed by atoms with Crippen molar-refractivity contribution < 1.29 is 4.74 Å². The van der Waals surface area contributed by atoms with Crippen LogP contribution in [0.5, 0.6) is 5.75 Å². The highest BCUT2D eigenvalue weighted by Gasteiger charge is 2.08. The fourth-order valence-electron chi connectivity index (χ4n) is 1.97. The zero-order valence-corrected chi connectivity index (χ0v) is 12.8. The number of hydrogen-bond donors (Lipinski definition) is 0. The molecule has 0 spiro atoms. The maximum Gasteiger partial charge on any atom is 0.151 e. The second kappa shape index (κ2) is 6.53. The van der Waals surface area contributed by atoms with E-state index in [1.807, 2.05) is 6.07 Å². The molecule has 0 bridgehead atoms. The summed E-state index contributed by atoms with van der Waals surface area (Å²) in [5.74, 6) is 1.40. The summed E-state index contributed by atoms with van der Waals surface area (Å²) < 4.78 is 5.91. The third-order valence-corrected chi connectivity index (χ3v) is 3.94. The van der Waals surface area contributed by atoms with Gasteiger partial charge in [-0.25, -0.2) is 4.98 Å². The van der Waals surface area contributed by atoms with Gasteiger partial charge in [0.1, 0.15) is 11.8 Å². The van der Waals surface area contributed by atoms with Crippen molar-refractivity contribution in [3.8, 4) is 11.8 Å². The summed E-state index contributed by atoms with van der Waals surface area (Å²) in [6, 6.07) is 8.37. The van der Waals surface area contributed by atoms with Crippen LogP contribution in [0.1, 0.15) is 41.6 Å². The van der Waals surface area contributed by atoms with E-state index >= 15 is 0 Å².